The molecule has 0 heterocycles. The SMILES string of the molecule is CC(C)(C)[Si](CC[SeH])(C(C)(C)C)C(C)(C)C. The number of hydrogen-bond acceptors (Lipinski definition) is 0. The molecule has 0 unspecified atom stereocenters. The molecule has 0 radical (unpaired) electrons. The Balaban J connectivity index is 5.82. The van der Waals surface area contributed by atoms with Crippen molar-refractivity contribution in [1.82, 2.24) is 0 Å². The van der Waals surface area contributed by atoms with Gasteiger partial charge in [-0.15, -0.1) is 0 Å². The Labute approximate surface area is 113 Å². The second-order valence-electron chi connectivity index (χ2n) is 8.13. The molecule has 0 aromatic rings. The zero-order valence-corrected chi connectivity index (χ0v) is 15.7. The van der Waals surface area contributed by atoms with E-state index >= 15 is 0 Å². The van der Waals surface area contributed by atoms with E-state index in [2.05, 4.69) is 78.3 Å². The van der Waals surface area contributed by atoms with Crippen molar-refractivity contribution in [2.45, 2.75) is 88.8 Å². The van der Waals surface area contributed by atoms with Crippen LogP contribution in [0.2, 0.25) is 26.5 Å². The first-order valence-electron chi connectivity index (χ1n) is 6.42. The molecule has 0 nitrogen and oxygen atoms in total. The Morgan fingerprint density at radius 1 is 0.688 bits per heavy atom. The fourth-order valence-electron chi connectivity index (χ4n) is 4.67. The van der Waals surface area contributed by atoms with E-state index in [1.807, 2.05) is 0 Å². The molecule has 16 heavy (non-hydrogen) atoms. The van der Waals surface area contributed by atoms with E-state index in [4.69, 9.17) is 0 Å². The minimum atomic E-state index is -1.42. The molecular formula is C14H32SeSi. The van der Waals surface area contributed by atoms with Gasteiger partial charge in [0.05, 0.1) is 0 Å². The Hall–Kier alpha value is 0.736. The first kappa shape index (κ1) is 16.7. The molecule has 0 atom stereocenters. The summed E-state index contributed by atoms with van der Waals surface area (Å²) < 4.78 is 0. The zero-order chi connectivity index (χ0) is 13.4. The molecular weight excluding hydrogens is 275 g/mol. The third kappa shape index (κ3) is 2.76. The van der Waals surface area contributed by atoms with Crippen molar-refractivity contribution in [3.8, 4) is 0 Å². The number of hydrogen-bond donors (Lipinski definition) is 0. The molecule has 0 aliphatic heterocycles. The predicted molar refractivity (Wildman–Crippen MR) is 81.7 cm³/mol. The Kier molecular flexibility index (Phi) is 5.00. The van der Waals surface area contributed by atoms with Crippen LogP contribution in [0.5, 0.6) is 0 Å². The van der Waals surface area contributed by atoms with Gasteiger partial charge in [-0.3, -0.25) is 0 Å². The average molecular weight is 307 g/mol. The third-order valence-electron chi connectivity index (χ3n) is 4.33. The summed E-state index contributed by atoms with van der Waals surface area (Å²) in [5.74, 6) is 0. The van der Waals surface area contributed by atoms with Crippen LogP contribution in [0.1, 0.15) is 62.3 Å². The van der Waals surface area contributed by atoms with E-state index in [-0.39, 0.29) is 0 Å². The summed E-state index contributed by atoms with van der Waals surface area (Å²) in [5, 5.41) is 2.65. The van der Waals surface area contributed by atoms with Gasteiger partial charge in [0.2, 0.25) is 0 Å². The maximum absolute atomic E-state index is 2.80. The van der Waals surface area contributed by atoms with Crippen LogP contribution in [-0.4, -0.2) is 24.1 Å². The molecule has 0 aromatic heterocycles. The van der Waals surface area contributed by atoms with Crippen LogP contribution in [0.15, 0.2) is 0 Å². The van der Waals surface area contributed by atoms with Gasteiger partial charge in [-0.05, 0) is 0 Å². The molecule has 0 saturated heterocycles. The Bertz CT molecular complexity index is 189. The van der Waals surface area contributed by atoms with Gasteiger partial charge >= 0.3 is 113 Å². The van der Waals surface area contributed by atoms with Crippen molar-refractivity contribution in [1.29, 1.82) is 0 Å². The summed E-state index contributed by atoms with van der Waals surface area (Å²) in [7, 11) is -1.42. The van der Waals surface area contributed by atoms with Crippen LogP contribution in [-0.2, 0) is 0 Å². The zero-order valence-electron chi connectivity index (χ0n) is 12.9. The summed E-state index contributed by atoms with van der Waals surface area (Å²) in [6.45, 7) is 22.2. The summed E-state index contributed by atoms with van der Waals surface area (Å²) in [4.78, 5) is 0. The van der Waals surface area contributed by atoms with Crippen LogP contribution in [0, 0.1) is 0 Å². The van der Waals surface area contributed by atoms with Gasteiger partial charge in [0.1, 0.15) is 0 Å². The van der Waals surface area contributed by atoms with Crippen LogP contribution >= 0.6 is 0 Å². The molecule has 0 fully saturated rings. The van der Waals surface area contributed by atoms with Gasteiger partial charge < -0.3 is 0 Å². The van der Waals surface area contributed by atoms with Crippen LogP contribution < -0.4 is 0 Å². The molecule has 0 aliphatic carbocycles. The standard InChI is InChI=1S/C14H32SeSi/c1-12(2,3)16(11-10-15,13(4,5)6)14(7,8)9/h15H,10-11H2,1-9H3. The molecule has 0 rings (SSSR count). The average Bonchev–Trinajstić information content (AvgIpc) is 1.91. The fraction of sp³-hybridized carbons (Fsp3) is 1.00. The second kappa shape index (κ2) is 4.78. The molecule has 0 saturated carbocycles. The van der Waals surface area contributed by atoms with E-state index in [9.17, 15) is 0 Å². The van der Waals surface area contributed by atoms with E-state index < -0.39 is 8.07 Å². The van der Waals surface area contributed by atoms with Crippen molar-refractivity contribution in [3.05, 3.63) is 0 Å². The molecule has 0 amide bonds. The molecule has 0 N–H and O–H groups in total. The molecule has 0 aliphatic rings. The second-order valence-corrected chi connectivity index (χ2v) is 15.9. The van der Waals surface area contributed by atoms with Crippen LogP contribution in [0.3, 0.4) is 0 Å². The van der Waals surface area contributed by atoms with E-state index in [0.717, 1.165) is 0 Å². The van der Waals surface area contributed by atoms with Gasteiger partial charge in [0.15, 0.2) is 0 Å². The van der Waals surface area contributed by atoms with E-state index in [1.165, 1.54) is 11.4 Å². The summed E-state index contributed by atoms with van der Waals surface area (Å²) in [6, 6.07) is 1.42. The predicted octanol–water partition coefficient (Wildman–Crippen LogP) is 5.15. The van der Waals surface area contributed by atoms with Crippen LogP contribution in [0.4, 0.5) is 0 Å². The van der Waals surface area contributed by atoms with Crippen molar-refractivity contribution in [3.63, 3.8) is 0 Å². The molecule has 2 heteroatoms. The quantitative estimate of drug-likeness (QED) is 0.619. The fourth-order valence-corrected chi connectivity index (χ4v) is 16.1. The topological polar surface area (TPSA) is 0 Å². The van der Waals surface area contributed by atoms with Crippen LogP contribution in [0.25, 0.3) is 0 Å². The normalized spacial score (nSPS) is 15.4. The van der Waals surface area contributed by atoms with E-state index in [1.54, 1.807) is 0 Å². The summed E-state index contributed by atoms with van der Waals surface area (Å²) in [5.41, 5.74) is 0. The molecule has 0 bridgehead atoms. The van der Waals surface area contributed by atoms with Gasteiger partial charge in [-0.1, -0.05) is 0 Å². The van der Waals surface area contributed by atoms with Crippen molar-refractivity contribution in [2.75, 3.05) is 0 Å². The van der Waals surface area contributed by atoms with Gasteiger partial charge in [0.25, 0.3) is 0 Å². The molecule has 0 aromatic carbocycles. The van der Waals surface area contributed by atoms with Gasteiger partial charge in [-0.2, -0.15) is 0 Å². The van der Waals surface area contributed by atoms with E-state index in [0.29, 0.717) is 15.1 Å². The van der Waals surface area contributed by atoms with Gasteiger partial charge in [-0.25, -0.2) is 0 Å². The monoisotopic (exact) mass is 308 g/mol. The molecule has 98 valence electrons. The first-order chi connectivity index (χ1) is 6.81. The number of rotatable bonds is 2. The Morgan fingerprint density at radius 2 is 0.938 bits per heavy atom. The van der Waals surface area contributed by atoms with Crippen molar-refractivity contribution in [2.24, 2.45) is 0 Å². The Morgan fingerprint density at radius 3 is 1.00 bits per heavy atom. The maximum atomic E-state index is 2.80. The first-order valence-corrected chi connectivity index (χ1v) is 9.95. The summed E-state index contributed by atoms with van der Waals surface area (Å²) >= 11 is 2.80. The summed E-state index contributed by atoms with van der Waals surface area (Å²) in [6.07, 6.45) is 0. The minimum absolute atomic E-state index is 0.462. The molecule has 0 spiro atoms. The third-order valence-corrected chi connectivity index (χ3v) is 14.4. The van der Waals surface area contributed by atoms with Gasteiger partial charge in [0, 0.05) is 0 Å². The van der Waals surface area contributed by atoms with Crippen molar-refractivity contribution < 1.29 is 0 Å². The van der Waals surface area contributed by atoms with Crippen molar-refractivity contribution >= 4 is 24.1 Å².